The highest BCUT2D eigenvalue weighted by atomic mass is 32.1. The van der Waals surface area contributed by atoms with Crippen LogP contribution in [0.3, 0.4) is 0 Å². The van der Waals surface area contributed by atoms with E-state index in [2.05, 4.69) is 33.8 Å². The van der Waals surface area contributed by atoms with Crippen molar-refractivity contribution in [2.45, 2.75) is 51.6 Å². The molecule has 5 heteroatoms. The van der Waals surface area contributed by atoms with Gasteiger partial charge < -0.3 is 5.32 Å². The Morgan fingerprint density at radius 2 is 2.18 bits per heavy atom. The molecule has 0 amide bonds. The van der Waals surface area contributed by atoms with Crippen LogP contribution in [0.4, 0.5) is 5.00 Å². The first-order chi connectivity index (χ1) is 8.31. The molecule has 0 aliphatic heterocycles. The molecule has 0 aromatic carbocycles. The highest BCUT2D eigenvalue weighted by Crippen LogP contribution is 2.25. The fraction of sp³-hybridized carbons (Fsp3) is 0.833. The smallest absolute Gasteiger partial charge is 0.134 e. The van der Waals surface area contributed by atoms with Crippen molar-refractivity contribution in [1.82, 2.24) is 14.5 Å². The first-order valence-electron chi connectivity index (χ1n) is 6.56. The van der Waals surface area contributed by atoms with Gasteiger partial charge in [0.25, 0.3) is 0 Å². The third kappa shape index (κ3) is 3.39. The maximum absolute atomic E-state index is 4.24. The third-order valence-electron chi connectivity index (χ3n) is 3.44. The Bertz CT molecular complexity index is 333. The summed E-state index contributed by atoms with van der Waals surface area (Å²) < 4.78 is 4.06. The maximum atomic E-state index is 4.24. The summed E-state index contributed by atoms with van der Waals surface area (Å²) in [5.41, 5.74) is 1.11. The highest BCUT2D eigenvalue weighted by molar-refractivity contribution is 7.10. The summed E-state index contributed by atoms with van der Waals surface area (Å²) in [6, 6.07) is 0.746. The van der Waals surface area contributed by atoms with Crippen molar-refractivity contribution in [3.05, 3.63) is 5.69 Å². The molecular formula is C12H22N4S. The lowest BCUT2D eigenvalue weighted by atomic mass is 10.2. The molecule has 0 radical (unpaired) electrons. The quantitative estimate of drug-likeness (QED) is 0.847. The molecule has 1 aromatic heterocycles. The Morgan fingerprint density at radius 3 is 2.88 bits per heavy atom. The molecule has 0 atom stereocenters. The number of nitrogens with zero attached hydrogens (tertiary/aromatic N) is 3. The monoisotopic (exact) mass is 254 g/mol. The van der Waals surface area contributed by atoms with Crippen molar-refractivity contribution in [2.75, 3.05) is 18.9 Å². The number of anilines is 1. The van der Waals surface area contributed by atoms with Crippen molar-refractivity contribution >= 4 is 16.5 Å². The molecule has 2 rings (SSSR count). The number of nitrogens with one attached hydrogen (secondary N) is 1. The number of aromatic nitrogens is 2. The van der Waals surface area contributed by atoms with E-state index in [-0.39, 0.29) is 0 Å². The van der Waals surface area contributed by atoms with E-state index in [0.29, 0.717) is 0 Å². The molecule has 1 saturated carbocycles. The molecule has 1 fully saturated rings. The fourth-order valence-corrected chi connectivity index (χ4v) is 2.99. The van der Waals surface area contributed by atoms with Crippen molar-refractivity contribution < 1.29 is 0 Å². The minimum atomic E-state index is 0.746. The Hall–Kier alpha value is -0.680. The van der Waals surface area contributed by atoms with E-state index in [1.54, 1.807) is 0 Å². The zero-order chi connectivity index (χ0) is 12.1. The Balaban J connectivity index is 1.90. The average molecular weight is 254 g/mol. The van der Waals surface area contributed by atoms with Crippen LogP contribution in [0.25, 0.3) is 0 Å². The van der Waals surface area contributed by atoms with E-state index in [9.17, 15) is 0 Å². The van der Waals surface area contributed by atoms with Gasteiger partial charge in [-0.15, -0.1) is 5.10 Å². The van der Waals surface area contributed by atoms with Gasteiger partial charge >= 0.3 is 0 Å². The van der Waals surface area contributed by atoms with E-state index < -0.39 is 0 Å². The topological polar surface area (TPSA) is 41.1 Å². The van der Waals surface area contributed by atoms with E-state index in [4.69, 9.17) is 0 Å². The molecule has 1 aliphatic rings. The molecule has 1 N–H and O–H groups in total. The first-order valence-corrected chi connectivity index (χ1v) is 7.34. The standard InChI is InChI=1S/C12H22N4S/c1-3-8-13-12-11(14-15-17-12)9-16(2)10-6-4-5-7-10/h10,13H,3-9H2,1-2H3. The van der Waals surface area contributed by atoms with Crippen molar-refractivity contribution in [2.24, 2.45) is 0 Å². The summed E-state index contributed by atoms with van der Waals surface area (Å²) in [7, 11) is 2.21. The molecule has 0 unspecified atom stereocenters. The molecule has 0 bridgehead atoms. The van der Waals surface area contributed by atoms with Crippen LogP contribution in [0.5, 0.6) is 0 Å². The summed E-state index contributed by atoms with van der Waals surface area (Å²) in [5.74, 6) is 0. The van der Waals surface area contributed by atoms with Gasteiger partial charge in [0.1, 0.15) is 10.7 Å². The average Bonchev–Trinajstić information content (AvgIpc) is 2.97. The van der Waals surface area contributed by atoms with E-state index >= 15 is 0 Å². The predicted octanol–water partition coefficient (Wildman–Crippen LogP) is 2.73. The highest BCUT2D eigenvalue weighted by Gasteiger charge is 2.21. The van der Waals surface area contributed by atoms with Crippen LogP contribution in [0.2, 0.25) is 0 Å². The normalized spacial score (nSPS) is 16.9. The zero-order valence-electron chi connectivity index (χ0n) is 10.8. The van der Waals surface area contributed by atoms with Crippen LogP contribution in [-0.2, 0) is 6.54 Å². The molecule has 1 aromatic rings. The van der Waals surface area contributed by atoms with Crippen molar-refractivity contribution in [3.8, 4) is 0 Å². The number of rotatable bonds is 6. The van der Waals surface area contributed by atoms with Gasteiger partial charge in [-0.2, -0.15) is 0 Å². The van der Waals surface area contributed by atoms with Gasteiger partial charge in [0.15, 0.2) is 0 Å². The van der Waals surface area contributed by atoms with Crippen LogP contribution < -0.4 is 5.32 Å². The maximum Gasteiger partial charge on any atom is 0.134 e. The number of hydrogen-bond acceptors (Lipinski definition) is 5. The van der Waals surface area contributed by atoms with Crippen molar-refractivity contribution in [3.63, 3.8) is 0 Å². The molecule has 17 heavy (non-hydrogen) atoms. The second-order valence-electron chi connectivity index (χ2n) is 4.83. The summed E-state index contributed by atoms with van der Waals surface area (Å²) in [4.78, 5) is 2.43. The van der Waals surface area contributed by atoms with E-state index in [1.165, 1.54) is 37.2 Å². The minimum Gasteiger partial charge on any atom is -0.374 e. The minimum absolute atomic E-state index is 0.746. The summed E-state index contributed by atoms with van der Waals surface area (Å²) in [6.45, 7) is 4.10. The molecule has 1 aliphatic carbocycles. The number of hydrogen-bond donors (Lipinski definition) is 1. The van der Waals surface area contributed by atoms with Gasteiger partial charge in [-0.1, -0.05) is 24.3 Å². The van der Waals surface area contributed by atoms with Crippen LogP contribution in [-0.4, -0.2) is 34.1 Å². The lowest BCUT2D eigenvalue weighted by molar-refractivity contribution is 0.235. The van der Waals surface area contributed by atoms with Crippen molar-refractivity contribution in [1.29, 1.82) is 0 Å². The van der Waals surface area contributed by atoms with Crippen LogP contribution >= 0.6 is 11.5 Å². The van der Waals surface area contributed by atoms with Gasteiger partial charge in [-0.05, 0) is 26.3 Å². The molecule has 1 heterocycles. The van der Waals surface area contributed by atoms with Crippen LogP contribution in [0.1, 0.15) is 44.7 Å². The Morgan fingerprint density at radius 1 is 1.41 bits per heavy atom. The van der Waals surface area contributed by atoms with Gasteiger partial charge in [-0.3, -0.25) is 4.90 Å². The van der Waals surface area contributed by atoms with E-state index in [0.717, 1.165) is 36.2 Å². The summed E-state index contributed by atoms with van der Waals surface area (Å²) >= 11 is 1.48. The summed E-state index contributed by atoms with van der Waals surface area (Å²) in [5, 5.41) is 8.80. The van der Waals surface area contributed by atoms with Gasteiger partial charge in [0, 0.05) is 30.7 Å². The fourth-order valence-electron chi connectivity index (χ4n) is 2.40. The Kier molecular flexibility index (Phi) is 4.74. The lowest BCUT2D eigenvalue weighted by Gasteiger charge is -2.23. The predicted molar refractivity (Wildman–Crippen MR) is 72.4 cm³/mol. The molecule has 96 valence electrons. The second-order valence-corrected chi connectivity index (χ2v) is 5.58. The summed E-state index contributed by atoms with van der Waals surface area (Å²) in [6.07, 6.45) is 6.57. The van der Waals surface area contributed by atoms with E-state index in [1.807, 2.05) is 0 Å². The Labute approximate surface area is 108 Å². The molecular weight excluding hydrogens is 232 g/mol. The van der Waals surface area contributed by atoms with Gasteiger partial charge in [0.2, 0.25) is 0 Å². The molecule has 0 saturated heterocycles. The molecule has 4 nitrogen and oxygen atoms in total. The largest absolute Gasteiger partial charge is 0.374 e. The van der Waals surface area contributed by atoms with Crippen LogP contribution in [0.15, 0.2) is 0 Å². The van der Waals surface area contributed by atoms with Crippen LogP contribution in [0, 0.1) is 0 Å². The van der Waals surface area contributed by atoms with Gasteiger partial charge in [0.05, 0.1) is 0 Å². The lowest BCUT2D eigenvalue weighted by Crippen LogP contribution is -2.29. The second kappa shape index (κ2) is 6.31. The zero-order valence-corrected chi connectivity index (χ0v) is 11.6. The third-order valence-corrected chi connectivity index (χ3v) is 4.16. The van der Waals surface area contributed by atoms with Gasteiger partial charge in [-0.25, -0.2) is 0 Å². The molecule has 0 spiro atoms. The first kappa shape index (κ1) is 12.8. The SMILES string of the molecule is CCCNc1snnc1CN(C)C1CCCC1.